The summed E-state index contributed by atoms with van der Waals surface area (Å²) in [6.07, 6.45) is 6.01. The molecule has 1 fully saturated rings. The highest BCUT2D eigenvalue weighted by Gasteiger charge is 2.30. The minimum atomic E-state index is -0.572. The van der Waals surface area contributed by atoms with E-state index in [0.717, 1.165) is 47.8 Å². The average molecular weight is 489 g/mol. The summed E-state index contributed by atoms with van der Waals surface area (Å²) in [7, 11) is 1.62. The molecular formula is C30H36N2O4. The van der Waals surface area contributed by atoms with Gasteiger partial charge < -0.3 is 19.7 Å². The SMILES string of the molecule is CC[C@H](C(=O)NC1CCCCC1)N(Cc1ccc(OC)cc1)C(=O)COc1cccc2ccccc12. The summed E-state index contributed by atoms with van der Waals surface area (Å²) in [5.74, 6) is 1.10. The smallest absolute Gasteiger partial charge is 0.261 e. The van der Waals surface area contributed by atoms with Gasteiger partial charge in [-0.1, -0.05) is 74.7 Å². The molecule has 0 aliphatic heterocycles. The van der Waals surface area contributed by atoms with Gasteiger partial charge in [0.2, 0.25) is 5.91 Å². The second-order valence-electron chi connectivity index (χ2n) is 9.40. The maximum atomic E-state index is 13.6. The van der Waals surface area contributed by atoms with Gasteiger partial charge in [0.05, 0.1) is 7.11 Å². The highest BCUT2D eigenvalue weighted by Crippen LogP contribution is 2.26. The predicted octanol–water partition coefficient (Wildman–Crippen LogP) is 5.48. The average Bonchev–Trinajstić information content (AvgIpc) is 2.92. The molecule has 0 bridgehead atoms. The molecule has 3 aromatic rings. The van der Waals surface area contributed by atoms with E-state index in [1.165, 1.54) is 6.42 Å². The Balaban J connectivity index is 1.53. The Morgan fingerprint density at radius 1 is 0.972 bits per heavy atom. The summed E-state index contributed by atoms with van der Waals surface area (Å²) in [6.45, 7) is 2.13. The fourth-order valence-corrected chi connectivity index (χ4v) is 4.94. The van der Waals surface area contributed by atoms with Crippen LogP contribution in [0, 0.1) is 0 Å². The van der Waals surface area contributed by atoms with E-state index < -0.39 is 6.04 Å². The van der Waals surface area contributed by atoms with Crippen molar-refractivity contribution in [2.45, 2.75) is 64.1 Å². The molecule has 0 unspecified atom stereocenters. The number of ether oxygens (including phenoxy) is 2. The highest BCUT2D eigenvalue weighted by molar-refractivity contribution is 5.90. The third-order valence-corrected chi connectivity index (χ3v) is 6.95. The quantitative estimate of drug-likeness (QED) is 0.410. The lowest BCUT2D eigenvalue weighted by Gasteiger charge is -2.32. The molecule has 0 radical (unpaired) electrons. The number of nitrogens with one attached hydrogen (secondary N) is 1. The van der Waals surface area contributed by atoms with E-state index in [4.69, 9.17) is 9.47 Å². The highest BCUT2D eigenvalue weighted by atomic mass is 16.5. The Hall–Kier alpha value is -3.54. The van der Waals surface area contributed by atoms with Crippen molar-refractivity contribution in [1.82, 2.24) is 10.2 Å². The number of carbonyl (C=O) groups is 2. The summed E-state index contributed by atoms with van der Waals surface area (Å²) in [4.78, 5) is 28.6. The minimum absolute atomic E-state index is 0.0866. The van der Waals surface area contributed by atoms with E-state index in [2.05, 4.69) is 5.32 Å². The zero-order valence-electron chi connectivity index (χ0n) is 21.2. The molecule has 1 saturated carbocycles. The van der Waals surface area contributed by atoms with Crippen molar-refractivity contribution >= 4 is 22.6 Å². The maximum absolute atomic E-state index is 13.6. The van der Waals surface area contributed by atoms with Crippen LogP contribution >= 0.6 is 0 Å². The van der Waals surface area contributed by atoms with Crippen molar-refractivity contribution < 1.29 is 19.1 Å². The van der Waals surface area contributed by atoms with Crippen LogP contribution in [0.3, 0.4) is 0 Å². The Labute approximate surface area is 213 Å². The molecule has 6 nitrogen and oxygen atoms in total. The van der Waals surface area contributed by atoms with Crippen molar-refractivity contribution in [1.29, 1.82) is 0 Å². The van der Waals surface area contributed by atoms with Gasteiger partial charge in [-0.15, -0.1) is 0 Å². The lowest BCUT2D eigenvalue weighted by atomic mass is 9.95. The van der Waals surface area contributed by atoms with Crippen LogP contribution in [-0.2, 0) is 16.1 Å². The number of carbonyl (C=O) groups excluding carboxylic acids is 2. The Kier molecular flexibility index (Phi) is 8.82. The number of benzene rings is 3. The molecule has 0 spiro atoms. The second kappa shape index (κ2) is 12.4. The predicted molar refractivity (Wildman–Crippen MR) is 142 cm³/mol. The van der Waals surface area contributed by atoms with Crippen LogP contribution in [0.1, 0.15) is 51.0 Å². The molecule has 4 rings (SSSR count). The first-order valence-electron chi connectivity index (χ1n) is 12.9. The van der Waals surface area contributed by atoms with Crippen molar-refractivity contribution in [3.63, 3.8) is 0 Å². The molecule has 1 N–H and O–H groups in total. The molecule has 36 heavy (non-hydrogen) atoms. The lowest BCUT2D eigenvalue weighted by Crippen LogP contribution is -2.52. The largest absolute Gasteiger partial charge is 0.497 e. The van der Waals surface area contributed by atoms with Crippen molar-refractivity contribution in [3.05, 3.63) is 72.3 Å². The van der Waals surface area contributed by atoms with E-state index in [1.54, 1.807) is 12.0 Å². The van der Waals surface area contributed by atoms with Crippen molar-refractivity contribution in [2.24, 2.45) is 0 Å². The van der Waals surface area contributed by atoms with Crippen LogP contribution in [0.4, 0.5) is 0 Å². The second-order valence-corrected chi connectivity index (χ2v) is 9.40. The normalized spacial score (nSPS) is 14.7. The van der Waals surface area contributed by atoms with E-state index >= 15 is 0 Å². The van der Waals surface area contributed by atoms with Crippen LogP contribution in [-0.4, -0.2) is 42.5 Å². The summed E-state index contributed by atoms with van der Waals surface area (Å²) >= 11 is 0. The number of rotatable bonds is 10. The van der Waals surface area contributed by atoms with Gasteiger partial charge >= 0.3 is 0 Å². The molecule has 1 aliphatic carbocycles. The summed E-state index contributed by atoms with van der Waals surface area (Å²) in [5.41, 5.74) is 0.929. The molecule has 1 atom stereocenters. The first kappa shape index (κ1) is 25.5. The van der Waals surface area contributed by atoms with E-state index in [1.807, 2.05) is 73.7 Å². The molecule has 190 valence electrons. The summed E-state index contributed by atoms with van der Waals surface area (Å²) < 4.78 is 11.3. The number of hydrogen-bond donors (Lipinski definition) is 1. The van der Waals surface area contributed by atoms with Gasteiger partial charge in [-0.05, 0) is 48.4 Å². The van der Waals surface area contributed by atoms with Crippen molar-refractivity contribution in [2.75, 3.05) is 13.7 Å². The number of fused-ring (bicyclic) bond motifs is 1. The lowest BCUT2D eigenvalue weighted by molar-refractivity contribution is -0.143. The molecular weight excluding hydrogens is 452 g/mol. The monoisotopic (exact) mass is 488 g/mol. The zero-order chi connectivity index (χ0) is 25.3. The zero-order valence-corrected chi connectivity index (χ0v) is 21.2. The molecule has 0 saturated heterocycles. The molecule has 0 aromatic heterocycles. The molecule has 3 aromatic carbocycles. The molecule has 6 heteroatoms. The standard InChI is InChI=1S/C30H36N2O4/c1-3-27(30(34)31-24-12-5-4-6-13-24)32(20-22-16-18-25(35-2)19-17-22)29(33)21-36-28-15-9-11-23-10-7-8-14-26(23)28/h7-11,14-19,24,27H,3-6,12-13,20-21H2,1-2H3,(H,31,34)/t27-/m1/s1. The first-order chi connectivity index (χ1) is 17.6. The minimum Gasteiger partial charge on any atom is -0.497 e. The van der Waals surface area contributed by atoms with Gasteiger partial charge in [-0.25, -0.2) is 0 Å². The summed E-state index contributed by atoms with van der Waals surface area (Å²) in [5, 5.41) is 5.22. The Morgan fingerprint density at radius 3 is 2.42 bits per heavy atom. The number of hydrogen-bond acceptors (Lipinski definition) is 4. The maximum Gasteiger partial charge on any atom is 0.261 e. The molecule has 2 amide bonds. The fourth-order valence-electron chi connectivity index (χ4n) is 4.94. The number of nitrogens with zero attached hydrogens (tertiary/aromatic N) is 1. The van der Waals surface area contributed by atoms with Gasteiger partial charge in [-0.3, -0.25) is 9.59 Å². The topological polar surface area (TPSA) is 67.9 Å². The van der Waals surface area contributed by atoms with Gasteiger partial charge in [-0.2, -0.15) is 0 Å². The van der Waals surface area contributed by atoms with Crippen LogP contribution in [0.2, 0.25) is 0 Å². The van der Waals surface area contributed by atoms with Gasteiger partial charge in [0, 0.05) is 18.0 Å². The van der Waals surface area contributed by atoms with E-state index in [-0.39, 0.29) is 24.5 Å². The number of methoxy groups -OCH3 is 1. The van der Waals surface area contributed by atoms with Gasteiger partial charge in [0.1, 0.15) is 17.5 Å². The van der Waals surface area contributed by atoms with Crippen LogP contribution in [0.5, 0.6) is 11.5 Å². The van der Waals surface area contributed by atoms with Crippen LogP contribution in [0.25, 0.3) is 10.8 Å². The van der Waals surface area contributed by atoms with Crippen LogP contribution in [0.15, 0.2) is 66.7 Å². The molecule has 0 heterocycles. The van der Waals surface area contributed by atoms with Crippen LogP contribution < -0.4 is 14.8 Å². The molecule has 1 aliphatic rings. The summed E-state index contributed by atoms with van der Waals surface area (Å²) in [6, 6.07) is 20.9. The Morgan fingerprint density at radius 2 is 1.69 bits per heavy atom. The van der Waals surface area contributed by atoms with E-state index in [9.17, 15) is 9.59 Å². The fraction of sp³-hybridized carbons (Fsp3) is 0.400. The third kappa shape index (κ3) is 6.36. The third-order valence-electron chi connectivity index (χ3n) is 6.95. The first-order valence-corrected chi connectivity index (χ1v) is 12.9. The van der Waals surface area contributed by atoms with Gasteiger partial charge in [0.15, 0.2) is 6.61 Å². The Bertz CT molecular complexity index is 1150. The van der Waals surface area contributed by atoms with Gasteiger partial charge in [0.25, 0.3) is 5.91 Å². The number of amides is 2. The van der Waals surface area contributed by atoms with Crippen molar-refractivity contribution in [3.8, 4) is 11.5 Å². The van der Waals surface area contributed by atoms with E-state index in [0.29, 0.717) is 18.7 Å².